The van der Waals surface area contributed by atoms with Crippen molar-refractivity contribution in [2.24, 2.45) is 0 Å². The van der Waals surface area contributed by atoms with Crippen molar-refractivity contribution in [2.45, 2.75) is 58.7 Å². The van der Waals surface area contributed by atoms with Crippen LogP contribution in [0.4, 0.5) is 0 Å². The van der Waals surface area contributed by atoms with Crippen molar-refractivity contribution in [3.63, 3.8) is 0 Å². The van der Waals surface area contributed by atoms with Gasteiger partial charge >= 0.3 is 0 Å². The average Bonchev–Trinajstić information content (AvgIpc) is 2.70. The van der Waals surface area contributed by atoms with E-state index >= 15 is 0 Å². The molecule has 1 aromatic heterocycles. The zero-order valence-electron chi connectivity index (χ0n) is 12.0. The fraction of sp³-hybridized carbons (Fsp3) is 0.786. The molecule has 1 aliphatic heterocycles. The van der Waals surface area contributed by atoms with Gasteiger partial charge in [-0.2, -0.15) is 0 Å². The largest absolute Gasteiger partial charge is 0.311 e. The van der Waals surface area contributed by atoms with Gasteiger partial charge in [-0.25, -0.2) is 4.98 Å². The quantitative estimate of drug-likeness (QED) is 0.909. The number of hydrogen-bond acceptors (Lipinski definition) is 4. The topological polar surface area (TPSA) is 28.2 Å². The fourth-order valence-electron chi connectivity index (χ4n) is 2.54. The van der Waals surface area contributed by atoms with Crippen LogP contribution in [-0.2, 0) is 6.54 Å². The lowest BCUT2D eigenvalue weighted by Gasteiger charge is -2.46. The summed E-state index contributed by atoms with van der Waals surface area (Å²) in [5.74, 6) is 0. The van der Waals surface area contributed by atoms with Gasteiger partial charge in [-0.1, -0.05) is 13.3 Å². The lowest BCUT2D eigenvalue weighted by Crippen LogP contribution is -2.61. The van der Waals surface area contributed by atoms with Crippen molar-refractivity contribution >= 4 is 11.3 Å². The summed E-state index contributed by atoms with van der Waals surface area (Å²) in [6.45, 7) is 12.2. The molecule has 0 amide bonds. The van der Waals surface area contributed by atoms with E-state index in [-0.39, 0.29) is 5.54 Å². The minimum absolute atomic E-state index is 0.226. The van der Waals surface area contributed by atoms with Gasteiger partial charge in [0.1, 0.15) is 5.01 Å². The van der Waals surface area contributed by atoms with Crippen molar-refractivity contribution in [3.05, 3.63) is 16.1 Å². The SMILES string of the molecule is CCCC1CN(Cc2nc(C)cs2)C(C)(C)CN1. The zero-order valence-corrected chi connectivity index (χ0v) is 12.8. The molecule has 18 heavy (non-hydrogen) atoms. The Balaban J connectivity index is 2.02. The van der Waals surface area contributed by atoms with Crippen LogP contribution in [0.3, 0.4) is 0 Å². The molecule has 0 aromatic carbocycles. The Morgan fingerprint density at radius 1 is 1.56 bits per heavy atom. The molecule has 0 radical (unpaired) electrons. The van der Waals surface area contributed by atoms with E-state index < -0.39 is 0 Å². The molecule has 0 aliphatic carbocycles. The second-order valence-electron chi connectivity index (χ2n) is 5.94. The number of aromatic nitrogens is 1. The molecule has 1 N–H and O–H groups in total. The molecule has 4 heteroatoms. The number of aryl methyl sites for hydroxylation is 1. The van der Waals surface area contributed by atoms with Crippen LogP contribution in [0.1, 0.15) is 44.3 Å². The zero-order chi connectivity index (χ0) is 13.2. The number of thiazole rings is 1. The molecule has 0 spiro atoms. The molecular weight excluding hydrogens is 242 g/mol. The van der Waals surface area contributed by atoms with E-state index in [9.17, 15) is 0 Å². The van der Waals surface area contributed by atoms with E-state index in [1.165, 1.54) is 17.8 Å². The minimum Gasteiger partial charge on any atom is -0.311 e. The molecule has 1 unspecified atom stereocenters. The normalized spacial score (nSPS) is 24.3. The Morgan fingerprint density at radius 3 is 2.94 bits per heavy atom. The second-order valence-corrected chi connectivity index (χ2v) is 6.88. The van der Waals surface area contributed by atoms with Crippen molar-refractivity contribution < 1.29 is 0 Å². The molecule has 1 fully saturated rings. The highest BCUT2D eigenvalue weighted by molar-refractivity contribution is 7.09. The summed E-state index contributed by atoms with van der Waals surface area (Å²) in [5, 5.41) is 7.07. The summed E-state index contributed by atoms with van der Waals surface area (Å²) in [7, 11) is 0. The third kappa shape index (κ3) is 3.31. The van der Waals surface area contributed by atoms with Gasteiger partial charge in [-0.15, -0.1) is 11.3 Å². The van der Waals surface area contributed by atoms with Gasteiger partial charge < -0.3 is 5.32 Å². The third-order valence-electron chi connectivity index (χ3n) is 3.75. The van der Waals surface area contributed by atoms with E-state index in [1.807, 2.05) is 0 Å². The first-order valence-electron chi connectivity index (χ1n) is 6.90. The van der Waals surface area contributed by atoms with E-state index in [0.29, 0.717) is 6.04 Å². The van der Waals surface area contributed by atoms with Gasteiger partial charge in [0.15, 0.2) is 0 Å². The summed E-state index contributed by atoms with van der Waals surface area (Å²) in [5.41, 5.74) is 1.37. The number of rotatable bonds is 4. The Kier molecular flexibility index (Phi) is 4.41. The van der Waals surface area contributed by atoms with Crippen LogP contribution in [0.5, 0.6) is 0 Å². The number of hydrogen-bond donors (Lipinski definition) is 1. The molecule has 1 atom stereocenters. The van der Waals surface area contributed by atoms with Crippen LogP contribution in [0.25, 0.3) is 0 Å². The van der Waals surface area contributed by atoms with Gasteiger partial charge in [0.05, 0.1) is 6.54 Å². The molecule has 2 heterocycles. The molecular formula is C14H25N3S. The lowest BCUT2D eigenvalue weighted by atomic mass is 9.96. The summed E-state index contributed by atoms with van der Waals surface area (Å²) < 4.78 is 0. The summed E-state index contributed by atoms with van der Waals surface area (Å²) in [4.78, 5) is 7.18. The van der Waals surface area contributed by atoms with Gasteiger partial charge in [0.2, 0.25) is 0 Å². The van der Waals surface area contributed by atoms with Gasteiger partial charge in [-0.05, 0) is 27.2 Å². The third-order valence-corrected chi connectivity index (χ3v) is 4.70. The summed E-state index contributed by atoms with van der Waals surface area (Å²) in [6, 6.07) is 0.643. The van der Waals surface area contributed by atoms with Crippen molar-refractivity contribution in [1.82, 2.24) is 15.2 Å². The van der Waals surface area contributed by atoms with Crippen LogP contribution < -0.4 is 5.32 Å². The van der Waals surface area contributed by atoms with Crippen LogP contribution in [0.2, 0.25) is 0 Å². The Morgan fingerprint density at radius 2 is 2.33 bits per heavy atom. The standard InChI is InChI=1S/C14H25N3S/c1-5-6-12-7-17(14(3,4)10-15-12)8-13-16-11(2)9-18-13/h9,12,15H,5-8,10H2,1-4H3. The first-order chi connectivity index (χ1) is 8.51. The fourth-order valence-corrected chi connectivity index (χ4v) is 3.33. The highest BCUT2D eigenvalue weighted by Gasteiger charge is 2.33. The molecule has 1 saturated heterocycles. The molecule has 0 saturated carbocycles. The minimum atomic E-state index is 0.226. The van der Waals surface area contributed by atoms with Crippen molar-refractivity contribution in [1.29, 1.82) is 0 Å². The predicted molar refractivity (Wildman–Crippen MR) is 78.0 cm³/mol. The monoisotopic (exact) mass is 267 g/mol. The first kappa shape index (κ1) is 14.0. The summed E-state index contributed by atoms with van der Waals surface area (Å²) in [6.07, 6.45) is 2.52. The van der Waals surface area contributed by atoms with Crippen LogP contribution in [0, 0.1) is 6.92 Å². The van der Waals surface area contributed by atoms with Gasteiger partial charge in [-0.3, -0.25) is 4.90 Å². The molecule has 3 nitrogen and oxygen atoms in total. The maximum absolute atomic E-state index is 4.60. The highest BCUT2D eigenvalue weighted by atomic mass is 32.1. The van der Waals surface area contributed by atoms with Gasteiger partial charge in [0.25, 0.3) is 0 Å². The Bertz CT molecular complexity index is 386. The van der Waals surface area contributed by atoms with Gasteiger partial charge in [0, 0.05) is 35.7 Å². The average molecular weight is 267 g/mol. The molecule has 0 bridgehead atoms. The van der Waals surface area contributed by atoms with Crippen molar-refractivity contribution in [3.8, 4) is 0 Å². The smallest absolute Gasteiger partial charge is 0.107 e. The van der Waals surface area contributed by atoms with Crippen LogP contribution in [-0.4, -0.2) is 34.6 Å². The van der Waals surface area contributed by atoms with E-state index in [4.69, 9.17) is 0 Å². The molecule has 1 aliphatic rings. The Labute approximate surface area is 115 Å². The summed E-state index contributed by atoms with van der Waals surface area (Å²) >= 11 is 1.79. The van der Waals surface area contributed by atoms with Crippen LogP contribution in [0.15, 0.2) is 5.38 Å². The van der Waals surface area contributed by atoms with E-state index in [2.05, 4.69) is 48.3 Å². The first-order valence-corrected chi connectivity index (χ1v) is 7.78. The molecule has 102 valence electrons. The Hall–Kier alpha value is -0.450. The molecule has 1 aromatic rings. The van der Waals surface area contributed by atoms with E-state index in [0.717, 1.165) is 25.3 Å². The number of nitrogens with zero attached hydrogens (tertiary/aromatic N) is 2. The maximum atomic E-state index is 4.60. The number of nitrogens with one attached hydrogen (secondary N) is 1. The second kappa shape index (κ2) is 5.68. The number of piperazine rings is 1. The van der Waals surface area contributed by atoms with Crippen LogP contribution >= 0.6 is 11.3 Å². The lowest BCUT2D eigenvalue weighted by molar-refractivity contribution is 0.0563. The van der Waals surface area contributed by atoms with E-state index in [1.54, 1.807) is 11.3 Å². The molecule has 2 rings (SSSR count). The maximum Gasteiger partial charge on any atom is 0.107 e. The predicted octanol–water partition coefficient (Wildman–Crippen LogP) is 2.80. The highest BCUT2D eigenvalue weighted by Crippen LogP contribution is 2.23. The van der Waals surface area contributed by atoms with Crippen molar-refractivity contribution in [2.75, 3.05) is 13.1 Å².